The second-order valence-electron chi connectivity index (χ2n) is 7.33. The normalized spacial score (nSPS) is 19.9. The highest BCUT2D eigenvalue weighted by atomic mass is 35.5. The van der Waals surface area contributed by atoms with Crippen LogP contribution in [0.3, 0.4) is 0 Å². The molecule has 3 atom stereocenters. The number of nitrogen functional groups attached to an aromatic ring is 1. The van der Waals surface area contributed by atoms with Crippen LogP contribution in [0.5, 0.6) is 5.75 Å². The topological polar surface area (TPSA) is 95.4 Å². The van der Waals surface area contributed by atoms with Gasteiger partial charge < -0.3 is 20.3 Å². The van der Waals surface area contributed by atoms with Crippen LogP contribution in [0.1, 0.15) is 31.1 Å². The quantitative estimate of drug-likeness (QED) is 0.539. The first-order valence-electron chi connectivity index (χ1n) is 9.71. The number of halogens is 3. The molecule has 3 heterocycles. The van der Waals surface area contributed by atoms with E-state index in [1.165, 1.54) is 12.1 Å². The number of hydrogen-bond acceptors (Lipinski definition) is 6. The van der Waals surface area contributed by atoms with Gasteiger partial charge in [0, 0.05) is 40.7 Å². The molecule has 0 amide bonds. The Labute approximate surface area is 188 Å². The fraction of sp³-hybridized carbons (Fsp3) is 0.333. The van der Waals surface area contributed by atoms with Crippen molar-refractivity contribution in [2.75, 3.05) is 18.9 Å². The highest BCUT2D eigenvalue weighted by Gasteiger charge is 2.26. The third-order valence-corrected chi connectivity index (χ3v) is 5.95. The predicted octanol–water partition coefficient (Wildman–Crippen LogP) is 4.44. The smallest absolute Gasteiger partial charge is 0.166 e. The van der Waals surface area contributed by atoms with Gasteiger partial charge in [-0.1, -0.05) is 23.2 Å². The van der Waals surface area contributed by atoms with Crippen LogP contribution in [0.25, 0.3) is 11.1 Å². The number of ether oxygens (including phenoxy) is 2. The van der Waals surface area contributed by atoms with E-state index in [9.17, 15) is 9.50 Å². The van der Waals surface area contributed by atoms with Gasteiger partial charge in [-0.3, -0.25) is 4.68 Å². The average molecular weight is 467 g/mol. The van der Waals surface area contributed by atoms with E-state index in [-0.39, 0.29) is 21.9 Å². The van der Waals surface area contributed by atoms with E-state index in [4.69, 9.17) is 38.4 Å². The molecule has 7 nitrogen and oxygen atoms in total. The molecule has 3 aromatic rings. The molecule has 1 fully saturated rings. The summed E-state index contributed by atoms with van der Waals surface area (Å²) in [5.74, 6) is -0.115. The van der Waals surface area contributed by atoms with Crippen molar-refractivity contribution in [1.29, 1.82) is 0 Å². The second-order valence-corrected chi connectivity index (χ2v) is 8.12. The molecule has 164 valence electrons. The Morgan fingerprint density at radius 2 is 2.13 bits per heavy atom. The minimum absolute atomic E-state index is 0.0998. The van der Waals surface area contributed by atoms with Gasteiger partial charge >= 0.3 is 0 Å². The fourth-order valence-corrected chi connectivity index (χ4v) is 4.18. The number of aromatic nitrogens is 3. The highest BCUT2D eigenvalue weighted by molar-refractivity contribution is 6.36. The molecule has 10 heteroatoms. The SMILES string of the molecule is CC(Oc1cc(-c2cnn(C3COCCC3O)c2)cnc1N)c1c(Cl)ccc(F)c1Cl. The lowest BCUT2D eigenvalue weighted by atomic mass is 10.1. The van der Waals surface area contributed by atoms with Gasteiger partial charge in [0.25, 0.3) is 0 Å². The first kappa shape index (κ1) is 21.8. The van der Waals surface area contributed by atoms with E-state index < -0.39 is 18.0 Å². The summed E-state index contributed by atoms with van der Waals surface area (Å²) in [5, 5.41) is 14.8. The standard InChI is InChI=1S/C21H21Cl2FN4O3/c1-11(19-14(22)2-3-15(24)20(19)23)31-18-6-12(7-26-21(18)25)13-8-27-28(9-13)16-10-30-5-4-17(16)29/h2-3,6-9,11,16-17,29H,4-5,10H2,1H3,(H2,25,26). The number of anilines is 1. The zero-order valence-electron chi connectivity index (χ0n) is 16.6. The van der Waals surface area contributed by atoms with Crippen LogP contribution in [-0.2, 0) is 4.74 Å². The molecular formula is C21H21Cl2FN4O3. The molecule has 3 N–H and O–H groups in total. The molecule has 1 saturated heterocycles. The van der Waals surface area contributed by atoms with E-state index in [0.29, 0.717) is 36.5 Å². The third kappa shape index (κ3) is 4.48. The van der Waals surface area contributed by atoms with Gasteiger partial charge in [-0.2, -0.15) is 5.10 Å². The van der Waals surface area contributed by atoms with Crippen molar-refractivity contribution in [1.82, 2.24) is 14.8 Å². The molecule has 0 aliphatic carbocycles. The number of pyridine rings is 1. The highest BCUT2D eigenvalue weighted by Crippen LogP contribution is 2.37. The third-order valence-electron chi connectivity index (χ3n) is 5.24. The predicted molar refractivity (Wildman–Crippen MR) is 116 cm³/mol. The van der Waals surface area contributed by atoms with Gasteiger partial charge in [0.15, 0.2) is 11.6 Å². The van der Waals surface area contributed by atoms with Crippen molar-refractivity contribution in [2.45, 2.75) is 31.6 Å². The monoisotopic (exact) mass is 466 g/mol. The van der Waals surface area contributed by atoms with Crippen LogP contribution < -0.4 is 10.5 Å². The number of nitrogens with zero attached hydrogens (tertiary/aromatic N) is 3. The van der Waals surface area contributed by atoms with Crippen LogP contribution in [-0.4, -0.2) is 39.2 Å². The number of nitrogens with two attached hydrogens (primary N) is 1. The fourth-order valence-electron chi connectivity index (χ4n) is 3.50. The van der Waals surface area contributed by atoms with E-state index in [1.807, 2.05) is 6.20 Å². The Bertz CT molecular complexity index is 1090. The lowest BCUT2D eigenvalue weighted by Crippen LogP contribution is -2.34. The van der Waals surface area contributed by atoms with Gasteiger partial charge in [0.2, 0.25) is 0 Å². The van der Waals surface area contributed by atoms with Gasteiger partial charge in [-0.25, -0.2) is 9.37 Å². The Morgan fingerprint density at radius 1 is 1.32 bits per heavy atom. The zero-order chi connectivity index (χ0) is 22.1. The lowest BCUT2D eigenvalue weighted by molar-refractivity contribution is -0.0329. The van der Waals surface area contributed by atoms with E-state index >= 15 is 0 Å². The molecule has 0 bridgehead atoms. The molecule has 1 aliphatic heterocycles. The summed E-state index contributed by atoms with van der Waals surface area (Å²) in [4.78, 5) is 4.20. The molecule has 1 aliphatic rings. The van der Waals surface area contributed by atoms with E-state index in [2.05, 4.69) is 10.1 Å². The maximum absolute atomic E-state index is 13.9. The minimum Gasteiger partial charge on any atom is -0.482 e. The second kappa shape index (κ2) is 9.00. The van der Waals surface area contributed by atoms with Crippen LogP contribution in [0.4, 0.5) is 10.2 Å². The Hall–Kier alpha value is -2.39. The van der Waals surface area contributed by atoms with Gasteiger partial charge in [0.05, 0.1) is 23.9 Å². The summed E-state index contributed by atoms with van der Waals surface area (Å²) in [5.41, 5.74) is 7.80. The summed E-state index contributed by atoms with van der Waals surface area (Å²) in [7, 11) is 0. The summed E-state index contributed by atoms with van der Waals surface area (Å²) >= 11 is 12.3. The minimum atomic E-state index is -0.674. The molecule has 0 radical (unpaired) electrons. The molecule has 4 rings (SSSR count). The molecule has 3 unspecified atom stereocenters. The van der Waals surface area contributed by atoms with E-state index in [1.54, 1.807) is 30.1 Å². The molecule has 31 heavy (non-hydrogen) atoms. The van der Waals surface area contributed by atoms with Crippen LogP contribution in [0.2, 0.25) is 10.0 Å². The number of rotatable bonds is 5. The van der Waals surface area contributed by atoms with E-state index in [0.717, 1.165) is 5.56 Å². The Kier molecular flexibility index (Phi) is 6.34. The molecule has 2 aromatic heterocycles. The number of aliphatic hydroxyl groups is 1. The summed E-state index contributed by atoms with van der Waals surface area (Å²) < 4.78 is 27.0. The van der Waals surface area contributed by atoms with Crippen molar-refractivity contribution in [3.63, 3.8) is 0 Å². The first-order chi connectivity index (χ1) is 14.8. The largest absolute Gasteiger partial charge is 0.482 e. The summed E-state index contributed by atoms with van der Waals surface area (Å²) in [6.07, 6.45) is 4.44. The Balaban J connectivity index is 1.59. The number of benzene rings is 1. The van der Waals surface area contributed by atoms with Gasteiger partial charge in [-0.15, -0.1) is 0 Å². The first-order valence-corrected chi connectivity index (χ1v) is 10.5. The van der Waals surface area contributed by atoms with Crippen molar-refractivity contribution in [3.8, 4) is 16.9 Å². The zero-order valence-corrected chi connectivity index (χ0v) is 18.1. The van der Waals surface area contributed by atoms with Crippen molar-refractivity contribution in [2.24, 2.45) is 0 Å². The van der Waals surface area contributed by atoms with Gasteiger partial charge in [-0.05, 0) is 31.5 Å². The van der Waals surface area contributed by atoms with Crippen molar-refractivity contribution < 1.29 is 19.0 Å². The maximum Gasteiger partial charge on any atom is 0.166 e. The maximum atomic E-state index is 13.9. The lowest BCUT2D eigenvalue weighted by Gasteiger charge is -2.27. The van der Waals surface area contributed by atoms with Crippen molar-refractivity contribution >= 4 is 29.0 Å². The average Bonchev–Trinajstić information content (AvgIpc) is 3.23. The van der Waals surface area contributed by atoms with Crippen LogP contribution in [0, 0.1) is 5.82 Å². The van der Waals surface area contributed by atoms with Crippen LogP contribution in [0.15, 0.2) is 36.8 Å². The molecular weight excluding hydrogens is 446 g/mol. The number of aliphatic hydroxyl groups excluding tert-OH is 1. The summed E-state index contributed by atoms with van der Waals surface area (Å²) in [6.45, 7) is 2.62. The summed E-state index contributed by atoms with van der Waals surface area (Å²) in [6, 6.07) is 4.09. The molecule has 1 aromatic carbocycles. The van der Waals surface area contributed by atoms with Crippen LogP contribution >= 0.6 is 23.2 Å². The molecule has 0 saturated carbocycles. The Morgan fingerprint density at radius 3 is 2.90 bits per heavy atom. The van der Waals surface area contributed by atoms with Gasteiger partial charge in [0.1, 0.15) is 18.0 Å². The molecule has 0 spiro atoms. The number of hydrogen-bond donors (Lipinski definition) is 2. The van der Waals surface area contributed by atoms with Crippen molar-refractivity contribution in [3.05, 3.63) is 58.2 Å².